The molecule has 0 fully saturated rings. The molecular formula is C20H8Cl3CuN6Na3O11S3. The summed E-state index contributed by atoms with van der Waals surface area (Å²) in [5.41, 5.74) is 2.71. The van der Waals surface area contributed by atoms with Crippen molar-refractivity contribution in [1.29, 1.82) is 0 Å². The van der Waals surface area contributed by atoms with Gasteiger partial charge in [-0.15, -0.1) is 0 Å². The zero-order valence-corrected chi connectivity index (χ0v) is 35.1. The molecule has 17 nitrogen and oxygen atoms in total. The van der Waals surface area contributed by atoms with E-state index >= 15 is 0 Å². The number of fused-ring (bicyclic) bond motifs is 1. The van der Waals surface area contributed by atoms with E-state index in [1.807, 2.05) is 0 Å². The number of aromatic nitrogens is 2. The molecule has 1 heterocycles. The minimum Gasteiger partial charge on any atom is -0.870 e. The van der Waals surface area contributed by atoms with E-state index in [1.54, 1.807) is 0 Å². The second-order valence-electron chi connectivity index (χ2n) is 8.08. The molecule has 47 heavy (non-hydrogen) atoms. The van der Waals surface area contributed by atoms with E-state index in [0.717, 1.165) is 18.2 Å². The van der Waals surface area contributed by atoms with Gasteiger partial charge in [0.05, 0.1) is 31.7 Å². The molecule has 0 atom stereocenters. The Bertz CT molecular complexity index is 2240. The number of azo groups is 1. The van der Waals surface area contributed by atoms with Gasteiger partial charge in [0.1, 0.15) is 35.4 Å². The van der Waals surface area contributed by atoms with Gasteiger partial charge in [-0.2, -0.15) is 15.2 Å². The monoisotopic (exact) mass is 841 g/mol. The summed E-state index contributed by atoms with van der Waals surface area (Å²) in [6.07, 6.45) is 0. The van der Waals surface area contributed by atoms with Crippen LogP contribution in [0.2, 0.25) is 15.5 Å². The maximum Gasteiger partial charge on any atom is 2.00 e. The molecule has 0 saturated heterocycles. The Balaban J connectivity index is 0.00000529. The molecule has 0 saturated carbocycles. The average Bonchev–Trinajstić information content (AvgIpc) is 2.85. The first-order valence-electron chi connectivity index (χ1n) is 10.6. The van der Waals surface area contributed by atoms with Gasteiger partial charge in [-0.3, -0.25) is 0 Å². The summed E-state index contributed by atoms with van der Waals surface area (Å²) in [5.74, 6) is -3.10. The van der Waals surface area contributed by atoms with Crippen molar-refractivity contribution in [3.63, 3.8) is 0 Å². The number of benzene rings is 3. The number of nitrogens with two attached hydrogens (primary N) is 1. The molecule has 0 spiro atoms. The fourth-order valence-corrected chi connectivity index (χ4v) is 6.10. The van der Waals surface area contributed by atoms with Crippen molar-refractivity contribution in [3.05, 3.63) is 45.8 Å². The quantitative estimate of drug-likeness (QED) is 0.0436. The Morgan fingerprint density at radius 1 is 0.723 bits per heavy atom. The van der Waals surface area contributed by atoms with Crippen molar-refractivity contribution >= 4 is 104 Å². The summed E-state index contributed by atoms with van der Waals surface area (Å²) in [7, 11) is -16.4. The third kappa shape index (κ3) is 10.5. The standard InChI is InChI=1S/C20H13Cl3N6O11S3.Cu.3Na/c21-14-18(22)26-20(23)27-19(14)25-6-3-9(16(30)12(4-6)43(38,39)40)29-28-8-2-1-7-10(41(32,33)34)5-11(42(35,36)37)15(24)13(7)17(8)31;;;;/h1-5,30-31H,24H2,(H,25,26,27)(H,32,33,34)(H,35,36,37)(H,38,39,40);;;;/q;+2;3*+1/p-5. The number of nitrogens with one attached hydrogen (secondary N) is 1. The van der Waals surface area contributed by atoms with Crippen LogP contribution in [0.25, 0.3) is 10.8 Å². The van der Waals surface area contributed by atoms with Gasteiger partial charge in [0.25, 0.3) is 0 Å². The average molecular weight is 843 g/mol. The largest absolute Gasteiger partial charge is 2.00 e. The normalized spacial score (nSPS) is 11.6. The number of hydrogen-bond donors (Lipinski definition) is 2. The van der Waals surface area contributed by atoms with Crippen LogP contribution in [0.15, 0.2) is 55.2 Å². The van der Waals surface area contributed by atoms with E-state index in [1.165, 1.54) is 0 Å². The smallest absolute Gasteiger partial charge is 0.870 e. The number of rotatable bonds is 7. The summed E-state index contributed by atoms with van der Waals surface area (Å²) in [6, 6.07) is 3.29. The third-order valence-electron chi connectivity index (χ3n) is 5.35. The van der Waals surface area contributed by atoms with Crippen LogP contribution in [0.5, 0.6) is 11.5 Å². The van der Waals surface area contributed by atoms with Crippen LogP contribution in [-0.4, -0.2) is 48.9 Å². The SMILES string of the molecule is Nc1c(S(=O)(=O)[O-])cc(S(=O)(=O)[O-])c2ccc(N=Nc3cc(Nc4nc(Cl)nc(Cl)c4Cl)cc(S(=O)(=O)[O-])c3[O-])c([O-])c12.[Cu+2].[Na+].[Na+].[Na+]. The van der Waals surface area contributed by atoms with Crippen molar-refractivity contribution in [2.75, 3.05) is 11.1 Å². The van der Waals surface area contributed by atoms with Crippen LogP contribution in [0, 0.1) is 0 Å². The molecule has 0 amide bonds. The maximum atomic E-state index is 13.1. The van der Waals surface area contributed by atoms with Crippen LogP contribution in [0.1, 0.15) is 0 Å². The predicted molar refractivity (Wildman–Crippen MR) is 142 cm³/mol. The molecule has 3 aromatic carbocycles. The van der Waals surface area contributed by atoms with Crippen LogP contribution in [0.3, 0.4) is 0 Å². The number of anilines is 3. The van der Waals surface area contributed by atoms with Gasteiger partial charge >= 0.3 is 106 Å². The molecule has 0 aliphatic rings. The number of hydrogen-bond acceptors (Lipinski definition) is 17. The fourth-order valence-electron chi connectivity index (χ4n) is 3.58. The Kier molecular flexibility index (Phi) is 17.4. The van der Waals surface area contributed by atoms with Gasteiger partial charge in [0.15, 0.2) is 11.0 Å². The number of halogens is 3. The molecule has 1 radical (unpaired) electrons. The number of nitrogens with zero attached hydrogens (tertiary/aromatic N) is 4. The first-order valence-corrected chi connectivity index (χ1v) is 15.9. The van der Waals surface area contributed by atoms with Gasteiger partial charge in [0, 0.05) is 16.5 Å². The van der Waals surface area contributed by atoms with Gasteiger partial charge in [-0.25, -0.2) is 30.2 Å². The molecule has 0 bridgehead atoms. The van der Waals surface area contributed by atoms with Crippen molar-refractivity contribution < 1.29 is 155 Å². The Labute approximate surface area is 357 Å². The predicted octanol–water partition coefficient (Wildman–Crippen LogP) is -6.80. The maximum absolute atomic E-state index is 13.1. The van der Waals surface area contributed by atoms with Crippen LogP contribution in [-0.2, 0) is 47.4 Å². The van der Waals surface area contributed by atoms with Gasteiger partial charge < -0.3 is 34.9 Å². The summed E-state index contributed by atoms with van der Waals surface area (Å²) in [6.45, 7) is 0. The molecule has 3 N–H and O–H groups in total. The van der Waals surface area contributed by atoms with Gasteiger partial charge in [-0.1, -0.05) is 40.8 Å². The first kappa shape index (κ1) is 46.9. The molecule has 27 heteroatoms. The Morgan fingerprint density at radius 3 is 1.79 bits per heavy atom. The zero-order chi connectivity index (χ0) is 32.2. The Hall–Kier alpha value is -0.0805. The van der Waals surface area contributed by atoms with Crippen LogP contribution >= 0.6 is 34.8 Å². The van der Waals surface area contributed by atoms with Crippen molar-refractivity contribution in [3.8, 4) is 11.5 Å². The summed E-state index contributed by atoms with van der Waals surface area (Å²) < 4.78 is 105. The second kappa shape index (κ2) is 17.4. The summed E-state index contributed by atoms with van der Waals surface area (Å²) in [4.78, 5) is 3.37. The molecule has 237 valence electrons. The topological polar surface area (TPSA) is 306 Å². The molecule has 1 aromatic heterocycles. The third-order valence-corrected chi connectivity index (χ3v) is 8.85. The molecule has 4 aromatic rings. The van der Waals surface area contributed by atoms with E-state index in [-0.39, 0.29) is 133 Å². The minimum atomic E-state index is -5.50. The van der Waals surface area contributed by atoms with E-state index in [4.69, 9.17) is 40.5 Å². The molecule has 0 aliphatic carbocycles. The van der Waals surface area contributed by atoms with Crippen molar-refractivity contribution in [1.82, 2.24) is 9.97 Å². The van der Waals surface area contributed by atoms with E-state index in [2.05, 4.69) is 25.5 Å². The first-order chi connectivity index (χ1) is 19.7. The van der Waals surface area contributed by atoms with Gasteiger partial charge in [-0.05, 0) is 35.9 Å². The zero-order valence-electron chi connectivity index (χ0n) is 23.4. The minimum absolute atomic E-state index is 0. The molecule has 0 unspecified atom stereocenters. The second-order valence-corrected chi connectivity index (χ2v) is 13.2. The molecule has 4 rings (SSSR count). The van der Waals surface area contributed by atoms with Gasteiger partial charge in [0.2, 0.25) is 5.28 Å². The fraction of sp³-hybridized carbons (Fsp3) is 0. The van der Waals surface area contributed by atoms with Crippen LogP contribution in [0.4, 0.5) is 28.6 Å². The van der Waals surface area contributed by atoms with Crippen molar-refractivity contribution in [2.24, 2.45) is 10.2 Å². The van der Waals surface area contributed by atoms with E-state index in [0.29, 0.717) is 6.07 Å². The summed E-state index contributed by atoms with van der Waals surface area (Å²) >= 11 is 17.5. The molecular weight excluding hydrogens is 835 g/mol. The van der Waals surface area contributed by atoms with Crippen LogP contribution < -0.4 is 110 Å². The Morgan fingerprint density at radius 2 is 1.26 bits per heavy atom. The molecule has 0 aliphatic heterocycles. The van der Waals surface area contributed by atoms with E-state index in [9.17, 15) is 49.1 Å². The van der Waals surface area contributed by atoms with Crippen molar-refractivity contribution in [2.45, 2.75) is 14.7 Å². The summed E-state index contributed by atoms with van der Waals surface area (Å²) in [5, 5.41) is 32.8. The number of nitrogen functional groups attached to an aromatic ring is 1. The van der Waals surface area contributed by atoms with E-state index < -0.39 is 89.7 Å².